The Bertz CT molecular complexity index is 703. The standard InChI is InChI=1S/C16H10BrNO2/c17-14-3-1-12(2-4-14)15-10-13(16(19)20-15)9-11-5-7-18-8-6-11/h1-10H. The number of pyridine rings is 1. The van der Waals surface area contributed by atoms with E-state index in [9.17, 15) is 4.79 Å². The van der Waals surface area contributed by atoms with Crippen LogP contribution >= 0.6 is 15.9 Å². The number of halogens is 1. The fraction of sp³-hybridized carbons (Fsp3) is 0. The summed E-state index contributed by atoms with van der Waals surface area (Å²) in [5.41, 5.74) is 2.33. The fourth-order valence-electron chi connectivity index (χ4n) is 1.88. The SMILES string of the molecule is O=C1OC(c2ccc(Br)cc2)=CC1=Cc1ccncc1. The maximum Gasteiger partial charge on any atom is 0.343 e. The molecule has 0 bridgehead atoms. The van der Waals surface area contributed by atoms with Gasteiger partial charge in [-0.2, -0.15) is 0 Å². The van der Waals surface area contributed by atoms with Gasteiger partial charge in [0.1, 0.15) is 5.76 Å². The van der Waals surface area contributed by atoms with Crippen LogP contribution in [-0.2, 0) is 9.53 Å². The van der Waals surface area contributed by atoms with E-state index in [1.54, 1.807) is 24.5 Å². The van der Waals surface area contributed by atoms with Crippen LogP contribution in [0.1, 0.15) is 11.1 Å². The lowest BCUT2D eigenvalue weighted by Crippen LogP contribution is -1.97. The van der Waals surface area contributed by atoms with Crippen LogP contribution < -0.4 is 0 Å². The summed E-state index contributed by atoms with van der Waals surface area (Å²) in [6, 6.07) is 11.3. The van der Waals surface area contributed by atoms with E-state index in [2.05, 4.69) is 20.9 Å². The summed E-state index contributed by atoms with van der Waals surface area (Å²) in [5.74, 6) is 0.238. The van der Waals surface area contributed by atoms with Gasteiger partial charge in [0.25, 0.3) is 0 Å². The molecular weight excluding hydrogens is 318 g/mol. The number of ether oxygens (including phenoxy) is 1. The molecule has 0 aliphatic carbocycles. The molecule has 0 atom stereocenters. The zero-order valence-electron chi connectivity index (χ0n) is 10.4. The summed E-state index contributed by atoms with van der Waals surface area (Å²) in [7, 11) is 0. The molecule has 1 aromatic heterocycles. The number of esters is 1. The summed E-state index contributed by atoms with van der Waals surface area (Å²) in [5, 5.41) is 0. The number of hydrogen-bond acceptors (Lipinski definition) is 3. The van der Waals surface area contributed by atoms with Crippen molar-refractivity contribution in [1.29, 1.82) is 0 Å². The van der Waals surface area contributed by atoms with E-state index in [1.807, 2.05) is 36.4 Å². The Labute approximate surface area is 124 Å². The van der Waals surface area contributed by atoms with Gasteiger partial charge in [0.15, 0.2) is 0 Å². The molecule has 0 N–H and O–H groups in total. The highest BCUT2D eigenvalue weighted by atomic mass is 79.9. The molecule has 0 saturated heterocycles. The first-order chi connectivity index (χ1) is 9.72. The van der Waals surface area contributed by atoms with E-state index in [0.29, 0.717) is 11.3 Å². The molecule has 2 aromatic rings. The summed E-state index contributed by atoms with van der Waals surface area (Å²) in [6.45, 7) is 0. The van der Waals surface area contributed by atoms with Crippen molar-refractivity contribution in [2.45, 2.75) is 0 Å². The maximum atomic E-state index is 11.9. The third kappa shape index (κ3) is 2.70. The van der Waals surface area contributed by atoms with Crippen LogP contribution in [0.5, 0.6) is 0 Å². The average molecular weight is 328 g/mol. The average Bonchev–Trinajstić information content (AvgIpc) is 2.82. The van der Waals surface area contributed by atoms with Gasteiger partial charge in [-0.15, -0.1) is 0 Å². The van der Waals surface area contributed by atoms with Gasteiger partial charge in [0.2, 0.25) is 0 Å². The first-order valence-electron chi connectivity index (χ1n) is 6.04. The third-order valence-electron chi connectivity index (χ3n) is 2.88. The molecule has 98 valence electrons. The number of carbonyl (C=O) groups is 1. The lowest BCUT2D eigenvalue weighted by atomic mass is 10.1. The number of carbonyl (C=O) groups excluding carboxylic acids is 1. The van der Waals surface area contributed by atoms with Gasteiger partial charge < -0.3 is 4.74 Å². The second kappa shape index (κ2) is 5.43. The Morgan fingerprint density at radius 1 is 1.05 bits per heavy atom. The molecule has 1 aliphatic heterocycles. The van der Waals surface area contributed by atoms with Crippen LogP contribution in [-0.4, -0.2) is 11.0 Å². The zero-order valence-corrected chi connectivity index (χ0v) is 12.0. The minimum atomic E-state index is -0.334. The predicted octanol–water partition coefficient (Wildman–Crippen LogP) is 3.83. The number of hydrogen-bond donors (Lipinski definition) is 0. The van der Waals surface area contributed by atoms with Crippen molar-refractivity contribution in [3.8, 4) is 0 Å². The molecule has 3 rings (SSSR count). The summed E-state index contributed by atoms with van der Waals surface area (Å²) >= 11 is 3.38. The monoisotopic (exact) mass is 327 g/mol. The minimum absolute atomic E-state index is 0.334. The molecule has 1 aromatic carbocycles. The predicted molar refractivity (Wildman–Crippen MR) is 80.4 cm³/mol. The quantitative estimate of drug-likeness (QED) is 0.621. The molecule has 0 saturated carbocycles. The van der Waals surface area contributed by atoms with Crippen LogP contribution in [0.15, 0.2) is 64.9 Å². The van der Waals surface area contributed by atoms with E-state index in [-0.39, 0.29) is 5.97 Å². The first kappa shape index (κ1) is 12.8. The Morgan fingerprint density at radius 2 is 1.75 bits per heavy atom. The number of rotatable bonds is 2. The van der Waals surface area contributed by atoms with E-state index in [1.165, 1.54) is 0 Å². The smallest absolute Gasteiger partial charge is 0.343 e. The summed E-state index contributed by atoms with van der Waals surface area (Å²) in [6.07, 6.45) is 6.92. The maximum absolute atomic E-state index is 11.9. The normalized spacial score (nSPS) is 16.1. The van der Waals surface area contributed by atoms with Crippen molar-refractivity contribution in [3.05, 3.63) is 76.0 Å². The largest absolute Gasteiger partial charge is 0.422 e. The molecule has 1 aliphatic rings. The summed E-state index contributed by atoms with van der Waals surface area (Å²) < 4.78 is 6.28. The Balaban J connectivity index is 1.93. The Hall–Kier alpha value is -2.20. The molecule has 0 amide bonds. The highest BCUT2D eigenvalue weighted by Gasteiger charge is 2.21. The highest BCUT2D eigenvalue weighted by molar-refractivity contribution is 9.10. The van der Waals surface area contributed by atoms with Gasteiger partial charge in [-0.25, -0.2) is 4.79 Å². The molecule has 4 heteroatoms. The fourth-order valence-corrected chi connectivity index (χ4v) is 2.15. The second-order valence-corrected chi connectivity index (χ2v) is 5.20. The molecule has 2 heterocycles. The highest BCUT2D eigenvalue weighted by Crippen LogP contribution is 2.28. The molecule has 0 radical (unpaired) electrons. The topological polar surface area (TPSA) is 39.2 Å². The molecule has 0 fully saturated rings. The van der Waals surface area contributed by atoms with Crippen LogP contribution in [0.4, 0.5) is 0 Å². The van der Waals surface area contributed by atoms with E-state index in [4.69, 9.17) is 4.74 Å². The van der Waals surface area contributed by atoms with Crippen LogP contribution in [0.3, 0.4) is 0 Å². The molecule has 0 spiro atoms. The Kier molecular flexibility index (Phi) is 3.48. The van der Waals surface area contributed by atoms with Gasteiger partial charge in [-0.3, -0.25) is 4.98 Å². The minimum Gasteiger partial charge on any atom is -0.422 e. The van der Waals surface area contributed by atoms with Crippen molar-refractivity contribution in [2.75, 3.05) is 0 Å². The lowest BCUT2D eigenvalue weighted by molar-refractivity contribution is -0.130. The van der Waals surface area contributed by atoms with Crippen molar-refractivity contribution in [2.24, 2.45) is 0 Å². The van der Waals surface area contributed by atoms with Crippen molar-refractivity contribution in [1.82, 2.24) is 4.98 Å². The van der Waals surface area contributed by atoms with E-state index >= 15 is 0 Å². The van der Waals surface area contributed by atoms with Gasteiger partial charge in [-0.1, -0.05) is 28.1 Å². The van der Waals surface area contributed by atoms with Crippen LogP contribution in [0.2, 0.25) is 0 Å². The van der Waals surface area contributed by atoms with Gasteiger partial charge in [0.05, 0.1) is 5.57 Å². The first-order valence-corrected chi connectivity index (χ1v) is 6.83. The third-order valence-corrected chi connectivity index (χ3v) is 3.41. The number of aromatic nitrogens is 1. The van der Waals surface area contributed by atoms with Crippen molar-refractivity contribution in [3.63, 3.8) is 0 Å². The van der Waals surface area contributed by atoms with Crippen LogP contribution in [0, 0.1) is 0 Å². The van der Waals surface area contributed by atoms with Gasteiger partial charge in [-0.05, 0) is 42.0 Å². The van der Waals surface area contributed by atoms with Crippen molar-refractivity contribution < 1.29 is 9.53 Å². The molecule has 0 unspecified atom stereocenters. The van der Waals surface area contributed by atoms with Gasteiger partial charge >= 0.3 is 5.97 Å². The van der Waals surface area contributed by atoms with Crippen molar-refractivity contribution >= 4 is 33.7 Å². The van der Waals surface area contributed by atoms with E-state index in [0.717, 1.165) is 15.6 Å². The van der Waals surface area contributed by atoms with E-state index < -0.39 is 0 Å². The van der Waals surface area contributed by atoms with Gasteiger partial charge in [0, 0.05) is 22.4 Å². The molecule has 3 nitrogen and oxygen atoms in total. The molecular formula is C16H10BrNO2. The number of benzene rings is 1. The number of nitrogens with zero attached hydrogens (tertiary/aromatic N) is 1. The van der Waals surface area contributed by atoms with Crippen LogP contribution in [0.25, 0.3) is 11.8 Å². The second-order valence-electron chi connectivity index (χ2n) is 4.29. The zero-order chi connectivity index (χ0) is 13.9. The Morgan fingerprint density at radius 3 is 2.45 bits per heavy atom. The lowest BCUT2D eigenvalue weighted by Gasteiger charge is -2.01. The summed E-state index contributed by atoms with van der Waals surface area (Å²) in [4.78, 5) is 15.8. The number of cyclic esters (lactones) is 1. The molecule has 20 heavy (non-hydrogen) atoms.